The van der Waals surface area contributed by atoms with E-state index in [9.17, 15) is 30.4 Å². The van der Waals surface area contributed by atoms with Crippen LogP contribution in [0.5, 0.6) is 5.75 Å². The molecule has 1 aromatic heterocycles. The van der Waals surface area contributed by atoms with Crippen molar-refractivity contribution in [2.75, 3.05) is 0 Å². The number of ether oxygens (including phenoxy) is 1. The van der Waals surface area contributed by atoms with E-state index in [4.69, 9.17) is 5.73 Å². The van der Waals surface area contributed by atoms with Gasteiger partial charge in [0.15, 0.2) is 11.4 Å². The van der Waals surface area contributed by atoms with Gasteiger partial charge in [-0.2, -0.15) is 0 Å². The largest absolute Gasteiger partial charge is 0.573 e. The molecule has 0 bridgehead atoms. The molecule has 0 aliphatic rings. The van der Waals surface area contributed by atoms with E-state index in [0.29, 0.717) is 6.07 Å². The van der Waals surface area contributed by atoms with Gasteiger partial charge >= 0.3 is 6.36 Å². The molecule has 0 spiro atoms. The van der Waals surface area contributed by atoms with Crippen LogP contribution in [-0.4, -0.2) is 19.8 Å². The predicted molar refractivity (Wildman–Crippen MR) is 55.1 cm³/mol. The molecule has 0 fully saturated rings. The third-order valence-corrected chi connectivity index (χ3v) is 2.87. The summed E-state index contributed by atoms with van der Waals surface area (Å²) in [6.07, 6.45) is -8.91. The smallest absolute Gasteiger partial charge is 0.402 e. The molecular formula is C8H8F5N3O3S. The Hall–Kier alpha value is -1.53. The van der Waals surface area contributed by atoms with Crippen LogP contribution in [0, 0.1) is 0 Å². The molecule has 12 heteroatoms. The summed E-state index contributed by atoms with van der Waals surface area (Å²) < 4.78 is 87.7. The van der Waals surface area contributed by atoms with Crippen molar-refractivity contribution in [3.05, 3.63) is 17.5 Å². The average molecular weight is 321 g/mol. The zero-order valence-electron chi connectivity index (χ0n) is 9.49. The van der Waals surface area contributed by atoms with Gasteiger partial charge in [0, 0.05) is 6.54 Å². The Morgan fingerprint density at radius 2 is 1.90 bits per heavy atom. The second-order valence-electron chi connectivity index (χ2n) is 3.42. The highest BCUT2D eigenvalue weighted by molar-refractivity contribution is 7.89. The van der Waals surface area contributed by atoms with Gasteiger partial charge in [-0.15, -0.1) is 13.2 Å². The van der Waals surface area contributed by atoms with Crippen molar-refractivity contribution in [3.63, 3.8) is 0 Å². The van der Waals surface area contributed by atoms with E-state index >= 15 is 0 Å². The van der Waals surface area contributed by atoms with Gasteiger partial charge in [0.1, 0.15) is 4.90 Å². The van der Waals surface area contributed by atoms with Crippen molar-refractivity contribution in [1.29, 1.82) is 0 Å². The molecule has 0 aliphatic carbocycles. The number of aromatic nitrogens is 1. The van der Waals surface area contributed by atoms with Crippen LogP contribution >= 0.6 is 0 Å². The fourth-order valence-corrected chi connectivity index (χ4v) is 1.97. The zero-order valence-corrected chi connectivity index (χ0v) is 10.3. The summed E-state index contributed by atoms with van der Waals surface area (Å²) in [4.78, 5) is 1.87. The number of nitrogens with two attached hydrogens (primary N) is 2. The molecule has 0 unspecified atom stereocenters. The number of primary sulfonamides is 1. The molecule has 6 nitrogen and oxygen atoms in total. The first-order valence-corrected chi connectivity index (χ1v) is 6.31. The number of pyridine rings is 1. The first kappa shape index (κ1) is 16.5. The fourth-order valence-electron chi connectivity index (χ4n) is 1.26. The van der Waals surface area contributed by atoms with Gasteiger partial charge in [-0.25, -0.2) is 27.3 Å². The summed E-state index contributed by atoms with van der Waals surface area (Å²) in [5.74, 6) is -1.66. The zero-order chi connectivity index (χ0) is 15.7. The van der Waals surface area contributed by atoms with Gasteiger partial charge in [0.2, 0.25) is 10.0 Å². The number of hydrogen-bond acceptors (Lipinski definition) is 5. The Bertz CT molecular complexity index is 602. The van der Waals surface area contributed by atoms with Gasteiger partial charge < -0.3 is 10.5 Å². The predicted octanol–water partition coefficient (Wildman–Crippen LogP) is 1.02. The minimum atomic E-state index is -5.39. The summed E-state index contributed by atoms with van der Waals surface area (Å²) in [6.45, 7) is -0.478. The van der Waals surface area contributed by atoms with Crippen molar-refractivity contribution in [2.24, 2.45) is 10.9 Å². The lowest BCUT2D eigenvalue weighted by Crippen LogP contribution is -2.23. The molecule has 1 aromatic rings. The highest BCUT2D eigenvalue weighted by atomic mass is 32.2. The standard InChI is InChI=1S/C8H8F5N3O3S/c9-7(10)5-6(19-8(11,12)13)4(20(15,17)18)1-3(2-14)16-5/h1,7H,2,14H2,(H2,15,17,18). The number of rotatable bonds is 4. The minimum Gasteiger partial charge on any atom is -0.402 e. The minimum absolute atomic E-state index is 0.376. The summed E-state index contributed by atoms with van der Waals surface area (Å²) in [7, 11) is -4.75. The molecule has 0 amide bonds. The first-order valence-electron chi connectivity index (χ1n) is 4.76. The Kier molecular flexibility index (Phi) is 4.51. The van der Waals surface area contributed by atoms with Crippen LogP contribution in [0.15, 0.2) is 11.0 Å². The van der Waals surface area contributed by atoms with E-state index in [0.717, 1.165) is 0 Å². The lowest BCUT2D eigenvalue weighted by molar-refractivity contribution is -0.276. The summed E-state index contributed by atoms with van der Waals surface area (Å²) >= 11 is 0. The fraction of sp³-hybridized carbons (Fsp3) is 0.375. The number of alkyl halides is 5. The lowest BCUT2D eigenvalue weighted by Gasteiger charge is -2.16. The second kappa shape index (κ2) is 5.46. The number of sulfonamides is 1. The summed E-state index contributed by atoms with van der Waals surface area (Å²) in [5.41, 5.74) is 3.22. The molecule has 0 saturated carbocycles. The Labute approximate surface area is 109 Å². The lowest BCUT2D eigenvalue weighted by atomic mass is 10.2. The maximum absolute atomic E-state index is 12.7. The molecule has 1 rings (SSSR count). The molecule has 20 heavy (non-hydrogen) atoms. The molecule has 1 heterocycles. The van der Waals surface area contributed by atoms with Gasteiger partial charge in [0.05, 0.1) is 5.69 Å². The molecule has 4 N–H and O–H groups in total. The van der Waals surface area contributed by atoms with Crippen molar-refractivity contribution in [3.8, 4) is 5.75 Å². The van der Waals surface area contributed by atoms with Crippen LogP contribution in [0.2, 0.25) is 0 Å². The van der Waals surface area contributed by atoms with E-state index in [1.807, 2.05) is 0 Å². The van der Waals surface area contributed by atoms with Crippen LogP contribution in [0.4, 0.5) is 22.0 Å². The van der Waals surface area contributed by atoms with Crippen LogP contribution in [-0.2, 0) is 16.6 Å². The Morgan fingerprint density at radius 3 is 2.25 bits per heavy atom. The van der Waals surface area contributed by atoms with Gasteiger partial charge in [0.25, 0.3) is 6.43 Å². The van der Waals surface area contributed by atoms with Gasteiger partial charge in [-0.3, -0.25) is 0 Å². The number of hydrogen-bond donors (Lipinski definition) is 2. The highest BCUT2D eigenvalue weighted by Crippen LogP contribution is 2.36. The third kappa shape index (κ3) is 3.98. The highest BCUT2D eigenvalue weighted by Gasteiger charge is 2.37. The maximum Gasteiger partial charge on any atom is 0.573 e. The van der Waals surface area contributed by atoms with Crippen LogP contribution in [0.3, 0.4) is 0 Å². The molecule has 0 atom stereocenters. The van der Waals surface area contributed by atoms with Gasteiger partial charge in [-0.05, 0) is 6.07 Å². The third-order valence-electron chi connectivity index (χ3n) is 1.96. The normalized spacial score (nSPS) is 12.8. The Balaban J connectivity index is 3.65. The number of nitrogens with zero attached hydrogens (tertiary/aromatic N) is 1. The summed E-state index contributed by atoms with van der Waals surface area (Å²) in [6, 6.07) is 0.544. The quantitative estimate of drug-likeness (QED) is 0.805. The van der Waals surface area contributed by atoms with Crippen molar-refractivity contribution in [2.45, 2.75) is 24.2 Å². The van der Waals surface area contributed by atoms with Crippen molar-refractivity contribution < 1.29 is 35.1 Å². The van der Waals surface area contributed by atoms with E-state index in [1.165, 1.54) is 0 Å². The van der Waals surface area contributed by atoms with Crippen molar-refractivity contribution in [1.82, 2.24) is 4.98 Å². The van der Waals surface area contributed by atoms with E-state index in [1.54, 1.807) is 0 Å². The number of halogens is 5. The van der Waals surface area contributed by atoms with Crippen LogP contribution < -0.4 is 15.6 Å². The molecule has 0 aromatic carbocycles. The monoisotopic (exact) mass is 321 g/mol. The van der Waals surface area contributed by atoms with Crippen molar-refractivity contribution >= 4 is 10.0 Å². The maximum atomic E-state index is 12.7. The molecule has 114 valence electrons. The van der Waals surface area contributed by atoms with Crippen LogP contribution in [0.25, 0.3) is 0 Å². The van der Waals surface area contributed by atoms with E-state index < -0.39 is 45.7 Å². The molecule has 0 radical (unpaired) electrons. The first-order chi connectivity index (χ1) is 8.95. The SMILES string of the molecule is NCc1cc(S(N)(=O)=O)c(OC(F)(F)F)c(C(F)F)n1. The molecule has 0 saturated heterocycles. The average Bonchev–Trinajstić information content (AvgIpc) is 2.25. The summed E-state index contributed by atoms with van der Waals surface area (Å²) in [5, 5.41) is 4.68. The molecule has 0 aliphatic heterocycles. The second-order valence-corrected chi connectivity index (χ2v) is 4.95. The topological polar surface area (TPSA) is 108 Å². The van der Waals surface area contributed by atoms with Crippen LogP contribution in [0.1, 0.15) is 17.8 Å². The Morgan fingerprint density at radius 1 is 1.35 bits per heavy atom. The van der Waals surface area contributed by atoms with E-state index in [2.05, 4.69) is 14.9 Å². The van der Waals surface area contributed by atoms with E-state index in [-0.39, 0.29) is 5.69 Å². The van der Waals surface area contributed by atoms with Gasteiger partial charge in [-0.1, -0.05) is 0 Å². The molecular weight excluding hydrogens is 313 g/mol.